The molecule has 3 rings (SSSR count). The third kappa shape index (κ3) is 2.97. The lowest BCUT2D eigenvalue weighted by atomic mass is 10.1. The molecule has 0 atom stereocenters. The molecule has 0 aliphatic rings. The van der Waals surface area contributed by atoms with Crippen LogP contribution >= 0.6 is 11.6 Å². The van der Waals surface area contributed by atoms with Crippen molar-refractivity contribution in [3.05, 3.63) is 64.8 Å². The zero-order valence-corrected chi connectivity index (χ0v) is 13.0. The second-order valence-corrected chi connectivity index (χ2v) is 5.50. The number of rotatable bonds is 4. The maximum atomic E-state index is 12.0. The van der Waals surface area contributed by atoms with E-state index in [0.717, 1.165) is 16.5 Å². The van der Waals surface area contributed by atoms with Crippen LogP contribution in [0.5, 0.6) is 0 Å². The third-order valence-corrected chi connectivity index (χ3v) is 3.74. The van der Waals surface area contributed by atoms with Crippen molar-refractivity contribution in [3.8, 4) is 0 Å². The maximum Gasteiger partial charge on any atom is 0.251 e. The predicted octanol–water partition coefficient (Wildman–Crippen LogP) is 3.49. The van der Waals surface area contributed by atoms with Gasteiger partial charge in [-0.2, -0.15) is 5.10 Å². The molecule has 0 saturated heterocycles. The minimum absolute atomic E-state index is 0.0661. The fourth-order valence-electron chi connectivity index (χ4n) is 2.36. The number of hydrogen-bond acceptors (Lipinski definition) is 2. The zero-order valence-electron chi connectivity index (χ0n) is 12.2. The van der Waals surface area contributed by atoms with Crippen molar-refractivity contribution in [2.45, 2.75) is 13.5 Å². The molecule has 0 saturated carbocycles. The van der Waals surface area contributed by atoms with E-state index < -0.39 is 0 Å². The Balaban J connectivity index is 1.94. The molecule has 5 heteroatoms. The predicted molar refractivity (Wildman–Crippen MR) is 88.3 cm³/mol. The molecule has 112 valence electrons. The molecule has 1 heterocycles. The lowest BCUT2D eigenvalue weighted by Gasteiger charge is -2.06. The monoisotopic (exact) mass is 313 g/mol. The van der Waals surface area contributed by atoms with Crippen molar-refractivity contribution < 1.29 is 4.79 Å². The second kappa shape index (κ2) is 6.20. The first kappa shape index (κ1) is 14.6. The number of amides is 1. The van der Waals surface area contributed by atoms with Crippen molar-refractivity contribution in [1.29, 1.82) is 0 Å². The topological polar surface area (TPSA) is 46.9 Å². The first-order valence-corrected chi connectivity index (χ1v) is 7.53. The van der Waals surface area contributed by atoms with Gasteiger partial charge in [-0.15, -0.1) is 0 Å². The maximum absolute atomic E-state index is 12.0. The molecule has 0 spiro atoms. The van der Waals surface area contributed by atoms with E-state index in [2.05, 4.69) is 10.4 Å². The summed E-state index contributed by atoms with van der Waals surface area (Å²) in [5.74, 6) is -0.0661. The Kier molecular flexibility index (Phi) is 4.11. The molecule has 4 nitrogen and oxygen atoms in total. The summed E-state index contributed by atoms with van der Waals surface area (Å²) >= 11 is 5.91. The van der Waals surface area contributed by atoms with Gasteiger partial charge in [0.25, 0.3) is 5.91 Å². The van der Waals surface area contributed by atoms with Crippen LogP contribution in [0, 0.1) is 0 Å². The number of hydrogen-bond donors (Lipinski definition) is 1. The van der Waals surface area contributed by atoms with Gasteiger partial charge in [0.2, 0.25) is 0 Å². The fraction of sp³-hybridized carbons (Fsp3) is 0.176. The molecule has 0 fully saturated rings. The van der Waals surface area contributed by atoms with E-state index in [1.165, 1.54) is 0 Å². The highest BCUT2D eigenvalue weighted by Crippen LogP contribution is 2.18. The average Bonchev–Trinajstić information content (AvgIpc) is 2.92. The zero-order chi connectivity index (χ0) is 15.5. The van der Waals surface area contributed by atoms with Crippen molar-refractivity contribution >= 4 is 28.4 Å². The summed E-state index contributed by atoms with van der Waals surface area (Å²) in [4.78, 5) is 12.0. The Labute approximate surface area is 133 Å². The lowest BCUT2D eigenvalue weighted by molar-refractivity contribution is 0.0956. The number of nitrogens with one attached hydrogen (secondary N) is 1. The van der Waals surface area contributed by atoms with Crippen LogP contribution in [0.2, 0.25) is 5.02 Å². The molecule has 0 bridgehead atoms. The average molecular weight is 314 g/mol. The van der Waals surface area contributed by atoms with E-state index in [0.29, 0.717) is 23.7 Å². The number of fused-ring (bicyclic) bond motifs is 1. The highest BCUT2D eigenvalue weighted by Gasteiger charge is 2.09. The van der Waals surface area contributed by atoms with Gasteiger partial charge in [-0.1, -0.05) is 29.8 Å². The molecule has 22 heavy (non-hydrogen) atoms. The summed E-state index contributed by atoms with van der Waals surface area (Å²) in [5.41, 5.74) is 2.70. The summed E-state index contributed by atoms with van der Waals surface area (Å²) in [6.07, 6.45) is 1.81. The molecular weight excluding hydrogens is 298 g/mol. The van der Waals surface area contributed by atoms with Crippen LogP contribution in [0.4, 0.5) is 0 Å². The normalized spacial score (nSPS) is 10.8. The van der Waals surface area contributed by atoms with E-state index in [9.17, 15) is 4.79 Å². The smallest absolute Gasteiger partial charge is 0.251 e. The first-order chi connectivity index (χ1) is 10.7. The summed E-state index contributed by atoms with van der Waals surface area (Å²) in [7, 11) is 0. The van der Waals surface area contributed by atoms with Gasteiger partial charge in [0.1, 0.15) is 0 Å². The van der Waals surface area contributed by atoms with Crippen LogP contribution in [0.15, 0.2) is 48.7 Å². The van der Waals surface area contributed by atoms with Gasteiger partial charge in [0.15, 0.2) is 0 Å². The van der Waals surface area contributed by atoms with Gasteiger partial charge in [0.05, 0.1) is 18.3 Å². The highest BCUT2D eigenvalue weighted by atomic mass is 35.5. The Bertz CT molecular complexity index is 808. The molecule has 0 unspecified atom stereocenters. The number of nitrogens with zero attached hydrogens (tertiary/aromatic N) is 2. The van der Waals surface area contributed by atoms with Crippen LogP contribution in [0.25, 0.3) is 10.9 Å². The summed E-state index contributed by atoms with van der Waals surface area (Å²) in [6, 6.07) is 13.3. The quantitative estimate of drug-likeness (QED) is 0.801. The van der Waals surface area contributed by atoms with Crippen LogP contribution in [-0.2, 0) is 6.54 Å². The van der Waals surface area contributed by atoms with E-state index in [-0.39, 0.29) is 5.91 Å². The molecular formula is C17H16ClN3O. The van der Waals surface area contributed by atoms with Crippen LogP contribution in [0.1, 0.15) is 22.8 Å². The Morgan fingerprint density at radius 1 is 1.23 bits per heavy atom. The molecule has 0 aliphatic carbocycles. The van der Waals surface area contributed by atoms with Crippen molar-refractivity contribution in [3.63, 3.8) is 0 Å². The SMILES string of the molecule is CCNC(=O)c1ccc2cnn(Cc3ccc(Cl)cc3)c2c1. The van der Waals surface area contributed by atoms with Gasteiger partial charge in [0, 0.05) is 22.5 Å². The van der Waals surface area contributed by atoms with Crippen molar-refractivity contribution in [2.24, 2.45) is 0 Å². The van der Waals surface area contributed by atoms with Gasteiger partial charge in [-0.05, 0) is 36.8 Å². The molecule has 1 amide bonds. The first-order valence-electron chi connectivity index (χ1n) is 7.15. The molecule has 0 aliphatic heterocycles. The second-order valence-electron chi connectivity index (χ2n) is 5.06. The van der Waals surface area contributed by atoms with Crippen molar-refractivity contribution in [1.82, 2.24) is 15.1 Å². The largest absolute Gasteiger partial charge is 0.352 e. The molecule has 0 radical (unpaired) electrons. The molecule has 1 N–H and O–H groups in total. The number of carbonyl (C=O) groups is 1. The Morgan fingerprint density at radius 2 is 2.00 bits per heavy atom. The summed E-state index contributed by atoms with van der Waals surface area (Å²) < 4.78 is 1.89. The highest BCUT2D eigenvalue weighted by molar-refractivity contribution is 6.30. The van der Waals surface area contributed by atoms with Gasteiger partial charge in [-0.3, -0.25) is 9.48 Å². The number of benzene rings is 2. The van der Waals surface area contributed by atoms with Crippen LogP contribution in [0.3, 0.4) is 0 Å². The summed E-state index contributed by atoms with van der Waals surface area (Å²) in [5, 5.41) is 8.95. The standard InChI is InChI=1S/C17H16ClN3O/c1-2-19-17(22)13-5-6-14-10-20-21(16(14)9-13)11-12-3-7-15(18)8-4-12/h3-10H,2,11H2,1H3,(H,19,22). The molecule has 3 aromatic rings. The molecule has 2 aromatic carbocycles. The van der Waals surface area contributed by atoms with Crippen molar-refractivity contribution in [2.75, 3.05) is 6.54 Å². The van der Waals surface area contributed by atoms with E-state index in [1.807, 2.05) is 60.3 Å². The van der Waals surface area contributed by atoms with Crippen LogP contribution in [-0.4, -0.2) is 22.2 Å². The summed E-state index contributed by atoms with van der Waals surface area (Å²) in [6.45, 7) is 3.15. The lowest BCUT2D eigenvalue weighted by Crippen LogP contribution is -2.22. The van der Waals surface area contributed by atoms with E-state index >= 15 is 0 Å². The molecule has 1 aromatic heterocycles. The minimum atomic E-state index is -0.0661. The third-order valence-electron chi connectivity index (χ3n) is 3.49. The van der Waals surface area contributed by atoms with Crippen LogP contribution < -0.4 is 5.32 Å². The van der Waals surface area contributed by atoms with E-state index in [1.54, 1.807) is 0 Å². The van der Waals surface area contributed by atoms with E-state index in [4.69, 9.17) is 11.6 Å². The minimum Gasteiger partial charge on any atom is -0.352 e. The van der Waals surface area contributed by atoms with Gasteiger partial charge in [-0.25, -0.2) is 0 Å². The van der Waals surface area contributed by atoms with Gasteiger partial charge < -0.3 is 5.32 Å². The fourth-order valence-corrected chi connectivity index (χ4v) is 2.49. The number of carbonyl (C=O) groups excluding carboxylic acids is 1. The van der Waals surface area contributed by atoms with Gasteiger partial charge >= 0.3 is 0 Å². The Morgan fingerprint density at radius 3 is 2.73 bits per heavy atom. The number of halogens is 1. The number of aromatic nitrogens is 2. The Hall–Kier alpha value is -2.33.